The molecule has 1 aromatic rings. The van der Waals surface area contributed by atoms with E-state index >= 15 is 0 Å². The van der Waals surface area contributed by atoms with Crippen molar-refractivity contribution in [3.05, 3.63) is 47.2 Å². The normalized spacial score (nSPS) is 26.5. The molecular weight excluding hydrogens is 340 g/mol. The summed E-state index contributed by atoms with van der Waals surface area (Å²) in [5.41, 5.74) is 0.974. The van der Waals surface area contributed by atoms with Gasteiger partial charge in [0.1, 0.15) is 5.70 Å². The van der Waals surface area contributed by atoms with Crippen LogP contribution in [-0.4, -0.2) is 59.1 Å². The fourth-order valence-corrected chi connectivity index (χ4v) is 3.08. The van der Waals surface area contributed by atoms with Gasteiger partial charge < -0.3 is 19.3 Å². The maximum atomic E-state index is 12.5. The fraction of sp³-hybridized carbons (Fsp3) is 0.389. The Hall–Kier alpha value is -2.71. The molecule has 2 atom stereocenters. The first-order valence-corrected chi connectivity index (χ1v) is 8.23. The van der Waals surface area contributed by atoms with E-state index in [9.17, 15) is 14.7 Å². The van der Waals surface area contributed by atoms with Crippen LogP contribution in [0, 0.1) is 0 Å². The predicted octanol–water partition coefficient (Wildman–Crippen LogP) is 1.12. The van der Waals surface area contributed by atoms with Gasteiger partial charge in [0.05, 0.1) is 13.2 Å². The molecule has 0 aliphatic carbocycles. The molecule has 0 spiro atoms. The van der Waals surface area contributed by atoms with Gasteiger partial charge in [0, 0.05) is 11.1 Å². The summed E-state index contributed by atoms with van der Waals surface area (Å²) < 4.78 is 16.8. The van der Waals surface area contributed by atoms with Crippen LogP contribution < -0.4 is 0 Å². The quantitative estimate of drug-likeness (QED) is 0.642. The van der Waals surface area contributed by atoms with Crippen LogP contribution in [-0.2, 0) is 23.8 Å². The average Bonchev–Trinajstić information content (AvgIpc) is 3.01. The maximum absolute atomic E-state index is 12.5. The zero-order chi connectivity index (χ0) is 18.5. The summed E-state index contributed by atoms with van der Waals surface area (Å²) in [6.45, 7) is 3.63. The highest BCUT2D eigenvalue weighted by molar-refractivity contribution is 6.05. The largest absolute Gasteiger partial charge is 0.477 e. The lowest BCUT2D eigenvalue weighted by Crippen LogP contribution is -2.63. The fourth-order valence-electron chi connectivity index (χ4n) is 3.08. The summed E-state index contributed by atoms with van der Waals surface area (Å²) in [6.07, 6.45) is -0.758. The minimum Gasteiger partial charge on any atom is -0.477 e. The molecule has 1 N–H and O–H groups in total. The molecule has 4 rings (SSSR count). The molecule has 3 heterocycles. The second-order valence-corrected chi connectivity index (χ2v) is 6.70. The van der Waals surface area contributed by atoms with E-state index < -0.39 is 29.9 Å². The van der Waals surface area contributed by atoms with E-state index in [1.807, 2.05) is 30.3 Å². The zero-order valence-corrected chi connectivity index (χ0v) is 14.3. The summed E-state index contributed by atoms with van der Waals surface area (Å²) in [4.78, 5) is 29.7. The molecule has 3 aliphatic heterocycles. The molecule has 0 saturated carbocycles. The average molecular weight is 358 g/mol. The van der Waals surface area contributed by atoms with Gasteiger partial charge in [-0.15, -0.1) is 0 Å². The highest BCUT2D eigenvalue weighted by atomic mass is 16.7. The van der Waals surface area contributed by atoms with E-state index in [-0.39, 0.29) is 18.9 Å². The smallest absolute Gasteiger partial charge is 0.352 e. The van der Waals surface area contributed by atoms with Crippen molar-refractivity contribution in [1.82, 2.24) is 4.90 Å². The van der Waals surface area contributed by atoms with Crippen LogP contribution in [0.1, 0.15) is 19.4 Å². The van der Waals surface area contributed by atoms with Crippen molar-refractivity contribution in [2.45, 2.75) is 31.9 Å². The van der Waals surface area contributed by atoms with E-state index in [2.05, 4.69) is 4.99 Å². The number of β-lactam (4-membered cyclic amide) rings is 1. The van der Waals surface area contributed by atoms with E-state index in [0.29, 0.717) is 11.5 Å². The van der Waals surface area contributed by atoms with Gasteiger partial charge in [0.25, 0.3) is 5.91 Å². The summed E-state index contributed by atoms with van der Waals surface area (Å²) in [7, 11) is 0. The molecule has 3 aliphatic rings. The number of hydrogen-bond donors (Lipinski definition) is 1. The third kappa shape index (κ3) is 2.67. The number of fused-ring (bicyclic) bond motifs is 1. The van der Waals surface area contributed by atoms with Crippen molar-refractivity contribution in [3.8, 4) is 0 Å². The van der Waals surface area contributed by atoms with E-state index in [1.54, 1.807) is 13.8 Å². The van der Waals surface area contributed by atoms with Gasteiger partial charge in [-0.2, -0.15) is 0 Å². The molecule has 8 nitrogen and oxygen atoms in total. The number of ether oxygens (including phenoxy) is 3. The summed E-state index contributed by atoms with van der Waals surface area (Å²) in [6, 6.07) is 8.46. The van der Waals surface area contributed by atoms with Gasteiger partial charge in [-0.25, -0.2) is 9.79 Å². The monoisotopic (exact) mass is 358 g/mol. The summed E-state index contributed by atoms with van der Waals surface area (Å²) in [5, 5.41) is 9.66. The van der Waals surface area contributed by atoms with Crippen molar-refractivity contribution in [2.75, 3.05) is 13.2 Å². The lowest BCUT2D eigenvalue weighted by Gasteiger charge is -2.42. The minimum atomic E-state index is -1.23. The highest BCUT2D eigenvalue weighted by Gasteiger charge is 2.57. The van der Waals surface area contributed by atoms with Crippen LogP contribution in [0.3, 0.4) is 0 Å². The number of likely N-dealkylation sites (tertiary alicyclic amines) is 1. The summed E-state index contributed by atoms with van der Waals surface area (Å²) in [5.74, 6) is -2.09. The second kappa shape index (κ2) is 5.93. The van der Waals surface area contributed by atoms with Crippen molar-refractivity contribution >= 4 is 17.8 Å². The maximum Gasteiger partial charge on any atom is 0.352 e. The molecular formula is C18H18N2O6. The van der Waals surface area contributed by atoms with E-state index in [1.165, 1.54) is 0 Å². The Balaban J connectivity index is 1.59. The number of amides is 1. The molecule has 1 aromatic carbocycles. The van der Waals surface area contributed by atoms with Gasteiger partial charge in [-0.1, -0.05) is 18.2 Å². The first-order chi connectivity index (χ1) is 12.4. The van der Waals surface area contributed by atoms with Crippen LogP contribution >= 0.6 is 0 Å². The van der Waals surface area contributed by atoms with Crippen molar-refractivity contribution in [1.29, 1.82) is 0 Å². The molecule has 26 heavy (non-hydrogen) atoms. The number of aliphatic imine (C=N–C) groups is 1. The molecule has 0 aromatic heterocycles. The molecule has 2 unspecified atom stereocenters. The Morgan fingerprint density at radius 2 is 1.88 bits per heavy atom. The third-order valence-corrected chi connectivity index (χ3v) is 4.49. The lowest BCUT2D eigenvalue weighted by atomic mass is 10.0. The number of carbonyl (C=O) groups excluding carboxylic acids is 1. The third-order valence-electron chi connectivity index (χ3n) is 4.49. The van der Waals surface area contributed by atoms with Crippen LogP contribution in [0.25, 0.3) is 0 Å². The van der Waals surface area contributed by atoms with Crippen LogP contribution in [0.15, 0.2) is 46.6 Å². The number of nitrogens with zero attached hydrogens (tertiary/aromatic N) is 2. The Kier molecular flexibility index (Phi) is 3.82. The number of benzene rings is 1. The van der Waals surface area contributed by atoms with Crippen molar-refractivity contribution in [2.24, 2.45) is 4.99 Å². The molecule has 0 radical (unpaired) electrons. The Labute approximate surface area is 149 Å². The SMILES string of the molecule is CC1(C)OCC(=C(C(=O)O)N2C(=O)C3N=C(c4ccccc4)OC32)CO1. The van der Waals surface area contributed by atoms with Gasteiger partial charge in [0.2, 0.25) is 12.1 Å². The molecule has 136 valence electrons. The van der Waals surface area contributed by atoms with Crippen molar-refractivity contribution in [3.63, 3.8) is 0 Å². The number of hydrogen-bond acceptors (Lipinski definition) is 6. The summed E-state index contributed by atoms with van der Waals surface area (Å²) >= 11 is 0. The predicted molar refractivity (Wildman–Crippen MR) is 89.1 cm³/mol. The number of carbonyl (C=O) groups is 2. The molecule has 8 heteroatoms. The molecule has 1 amide bonds. The number of rotatable bonds is 3. The Morgan fingerprint density at radius 1 is 1.23 bits per heavy atom. The zero-order valence-electron chi connectivity index (χ0n) is 14.3. The molecule has 2 fully saturated rings. The Morgan fingerprint density at radius 3 is 2.50 bits per heavy atom. The highest BCUT2D eigenvalue weighted by Crippen LogP contribution is 2.36. The Bertz CT molecular complexity index is 817. The molecule has 2 saturated heterocycles. The first-order valence-electron chi connectivity index (χ1n) is 8.23. The van der Waals surface area contributed by atoms with Gasteiger partial charge in [-0.05, 0) is 26.0 Å². The lowest BCUT2D eigenvalue weighted by molar-refractivity contribution is -0.227. The van der Waals surface area contributed by atoms with Crippen LogP contribution in [0.5, 0.6) is 0 Å². The topological polar surface area (TPSA) is 97.7 Å². The van der Waals surface area contributed by atoms with E-state index in [0.717, 1.165) is 10.5 Å². The van der Waals surface area contributed by atoms with Crippen molar-refractivity contribution < 1.29 is 28.9 Å². The number of aliphatic carboxylic acids is 1. The number of carboxylic acids is 1. The van der Waals surface area contributed by atoms with Gasteiger partial charge in [-0.3, -0.25) is 9.69 Å². The van der Waals surface area contributed by atoms with Crippen LogP contribution in [0.2, 0.25) is 0 Å². The number of carboxylic acid groups (broad SMARTS) is 1. The van der Waals surface area contributed by atoms with Crippen LogP contribution in [0.4, 0.5) is 0 Å². The standard InChI is InChI=1S/C18H18N2O6/c1-18(2)24-8-11(9-25-18)13(17(22)23)20-15(21)12-16(20)26-14(19-12)10-6-4-3-5-7-10/h3-7,12,16H,8-9H2,1-2H3,(H,22,23). The minimum absolute atomic E-state index is 0.0716. The van der Waals surface area contributed by atoms with E-state index in [4.69, 9.17) is 14.2 Å². The second-order valence-electron chi connectivity index (χ2n) is 6.70. The van der Waals surface area contributed by atoms with Gasteiger partial charge >= 0.3 is 5.97 Å². The first kappa shape index (κ1) is 16.7. The van der Waals surface area contributed by atoms with Gasteiger partial charge in [0.15, 0.2) is 11.8 Å². The molecule has 0 bridgehead atoms.